The lowest BCUT2D eigenvalue weighted by atomic mass is 10.1. The molecule has 37 heteroatoms. The summed E-state index contributed by atoms with van der Waals surface area (Å²) in [5.41, 5.74) is 10.5. The van der Waals surface area contributed by atoms with Crippen molar-refractivity contribution in [1.29, 1.82) is 0 Å². The molecule has 0 radical (unpaired) electrons. The van der Waals surface area contributed by atoms with E-state index in [4.69, 9.17) is 92.8 Å². The number of rotatable bonds is 36. The van der Waals surface area contributed by atoms with Crippen molar-refractivity contribution in [3.8, 4) is 0 Å². The highest BCUT2D eigenvalue weighted by atomic mass is 35.5. The van der Waals surface area contributed by atoms with Crippen molar-refractivity contribution in [3.63, 3.8) is 0 Å². The zero-order valence-electron chi connectivity index (χ0n) is 73.9. The van der Waals surface area contributed by atoms with Crippen LogP contribution in [0.15, 0.2) is 213 Å². The number of nitrogens with zero attached hydrogens (tertiary/aromatic N) is 17. The Bertz CT molecular complexity index is 5790. The minimum atomic E-state index is -0.896. The van der Waals surface area contributed by atoms with Gasteiger partial charge in [-0.05, 0) is 246 Å². The number of hydrogen-bond acceptors (Lipinski definition) is 25. The molecule has 12 heterocycles. The molecular formula is C95H103Cl8N25O4. The number of aliphatic hydroxyl groups is 4. The van der Waals surface area contributed by atoms with E-state index in [1.807, 2.05) is 158 Å². The van der Waals surface area contributed by atoms with Crippen molar-refractivity contribution in [2.45, 2.75) is 155 Å². The van der Waals surface area contributed by atoms with Gasteiger partial charge in [0.05, 0.1) is 118 Å². The number of aromatic nitrogens is 17. The second-order valence-corrected chi connectivity index (χ2v) is 37.2. The third kappa shape index (κ3) is 30.2. The van der Waals surface area contributed by atoms with Crippen LogP contribution in [0.1, 0.15) is 104 Å². The Morgan fingerprint density at radius 3 is 0.795 bits per heavy atom. The Kier molecular flexibility index (Phi) is 33.6. The molecule has 0 saturated carbocycles. The molecule has 132 heavy (non-hydrogen) atoms. The first-order valence-corrected chi connectivity index (χ1v) is 45.8. The molecule has 12 aromatic heterocycles. The number of pyridine rings is 7. The summed E-state index contributed by atoms with van der Waals surface area (Å²) in [5.74, 6) is 2.54. The molecule has 29 nitrogen and oxygen atoms in total. The fraction of sp³-hybridized carbons (Fsp3) is 0.295. The quantitative estimate of drug-likeness (QED) is 0.0162. The van der Waals surface area contributed by atoms with Crippen LogP contribution in [0.3, 0.4) is 0 Å². The van der Waals surface area contributed by atoms with Crippen molar-refractivity contribution >= 4 is 205 Å². The molecule has 0 fully saturated rings. The zero-order valence-corrected chi connectivity index (χ0v) is 80.0. The molecule has 0 aliphatic carbocycles. The second kappa shape index (κ2) is 45.3. The molecule has 0 unspecified atom stereocenters. The highest BCUT2D eigenvalue weighted by molar-refractivity contribution is 6.34. The van der Waals surface area contributed by atoms with Crippen LogP contribution >= 0.6 is 92.8 Å². The van der Waals surface area contributed by atoms with Gasteiger partial charge < -0.3 is 63.0 Å². The van der Waals surface area contributed by atoms with Gasteiger partial charge in [-0.2, -0.15) is 20.4 Å². The molecule has 0 spiro atoms. The van der Waals surface area contributed by atoms with Crippen LogP contribution < -0.4 is 42.5 Å². The number of benzene rings is 4. The first-order valence-electron chi connectivity index (χ1n) is 42.8. The Morgan fingerprint density at radius 1 is 0.280 bits per heavy atom. The molecule has 0 atom stereocenters. The van der Waals surface area contributed by atoms with Gasteiger partial charge in [-0.3, -0.25) is 38.7 Å². The molecule has 688 valence electrons. The molecule has 4 aromatic carbocycles. The van der Waals surface area contributed by atoms with Crippen LogP contribution in [0.5, 0.6) is 0 Å². The number of anilines is 12. The molecule has 0 amide bonds. The van der Waals surface area contributed by atoms with Crippen LogP contribution in [0, 0.1) is 0 Å². The summed E-state index contributed by atoms with van der Waals surface area (Å²) in [5, 5.41) is 91.8. The Balaban J connectivity index is 0.000000150. The molecule has 16 aromatic rings. The van der Waals surface area contributed by atoms with Gasteiger partial charge in [0, 0.05) is 144 Å². The van der Waals surface area contributed by atoms with Gasteiger partial charge in [0.1, 0.15) is 17.5 Å². The van der Waals surface area contributed by atoms with E-state index in [-0.39, 0.29) is 0 Å². The lowest BCUT2D eigenvalue weighted by Crippen LogP contribution is -2.26. The first-order chi connectivity index (χ1) is 63.1. The average Bonchev–Trinajstić information content (AvgIpc) is 1.50. The van der Waals surface area contributed by atoms with Gasteiger partial charge in [-0.1, -0.05) is 111 Å². The minimum absolute atomic E-state index is 0.295. The Hall–Kier alpha value is -11.6. The van der Waals surface area contributed by atoms with Gasteiger partial charge in [-0.25, -0.2) is 24.9 Å². The van der Waals surface area contributed by atoms with E-state index in [0.717, 1.165) is 167 Å². The van der Waals surface area contributed by atoms with E-state index < -0.39 is 22.4 Å². The van der Waals surface area contributed by atoms with Gasteiger partial charge >= 0.3 is 0 Å². The maximum atomic E-state index is 9.99. The lowest BCUT2D eigenvalue weighted by Gasteiger charge is -2.16. The maximum absolute atomic E-state index is 9.99. The zero-order chi connectivity index (χ0) is 93.7. The fourth-order valence-corrected chi connectivity index (χ4v) is 15.5. The summed E-state index contributed by atoms with van der Waals surface area (Å²) in [6, 6.07) is 50.2. The number of halogens is 8. The maximum Gasteiger partial charge on any atom is 0.227 e. The number of nitrogens with one attached hydrogen (secondary N) is 8. The highest BCUT2D eigenvalue weighted by Crippen LogP contribution is 2.34. The van der Waals surface area contributed by atoms with Crippen molar-refractivity contribution in [2.75, 3.05) is 68.7 Å². The smallest absolute Gasteiger partial charge is 0.227 e. The second-order valence-electron chi connectivity index (χ2n) is 34.0. The van der Waals surface area contributed by atoms with E-state index in [1.165, 1.54) is 0 Å². The highest BCUT2D eigenvalue weighted by Gasteiger charge is 2.23. The van der Waals surface area contributed by atoms with Gasteiger partial charge in [0.15, 0.2) is 20.6 Å². The topological polar surface area (TPSA) is 364 Å². The summed E-state index contributed by atoms with van der Waals surface area (Å²) in [4.78, 5) is 40.4. The molecular weight excluding hydrogens is 1840 g/mol. The van der Waals surface area contributed by atoms with Gasteiger partial charge in [0.2, 0.25) is 5.95 Å². The fourth-order valence-electron chi connectivity index (χ4n) is 14.1. The van der Waals surface area contributed by atoms with Crippen LogP contribution in [-0.4, -0.2) is 153 Å². The summed E-state index contributed by atoms with van der Waals surface area (Å²) >= 11 is 49.2. The van der Waals surface area contributed by atoms with Crippen molar-refractivity contribution in [1.82, 2.24) is 84.0 Å². The summed E-state index contributed by atoms with van der Waals surface area (Å²) in [6.07, 6.45) is 22.8. The first kappa shape index (κ1) is 98.0. The Labute approximate surface area is 804 Å². The number of aryl methyl sites for hydroxylation is 4. The van der Waals surface area contributed by atoms with E-state index >= 15 is 0 Å². The van der Waals surface area contributed by atoms with E-state index in [9.17, 15) is 20.4 Å². The van der Waals surface area contributed by atoms with Crippen LogP contribution in [0.25, 0.3) is 43.6 Å². The molecule has 16 rings (SSSR count). The van der Waals surface area contributed by atoms with E-state index in [1.54, 1.807) is 130 Å². The largest absolute Gasteiger partial charge is 0.389 e. The third-order valence-electron chi connectivity index (χ3n) is 19.8. The van der Waals surface area contributed by atoms with Crippen LogP contribution in [0.4, 0.5) is 68.9 Å². The van der Waals surface area contributed by atoms with Crippen molar-refractivity contribution in [2.24, 2.45) is 0 Å². The molecule has 0 aliphatic heterocycles. The Morgan fingerprint density at radius 2 is 0.530 bits per heavy atom. The minimum Gasteiger partial charge on any atom is -0.389 e. The van der Waals surface area contributed by atoms with Gasteiger partial charge in [-0.15, -0.1) is 0 Å². The van der Waals surface area contributed by atoms with E-state index in [2.05, 4.69) is 108 Å². The SMILES string of the molecule is CC(C)(O)Cn1cc(Nc2cccc(CCCNc3ccnc4cc(Cl)ccc34)n2)c(Cl)n1.CC(C)(O)Cn1cc(Nc2cccc(CCCNc3ccnc4cc(Cl)ccc34)n2)c(Cl)n1.CC(C)(O)Cn1cc(Nc2cccc(CCCNc3ccnc4cc(Cl)ccc34)n2)c(Cl)n1.CC(C)(O)Cn1cc(Nc2nccc(CCCNc3ccnc4cc(Cl)ccc34)n2)c(Cl)n1. The normalized spacial score (nSPS) is 11.7. The average molecular weight is 1940 g/mol. The number of fused-ring (bicyclic) bond motifs is 4. The molecule has 12 N–H and O–H groups in total. The van der Waals surface area contributed by atoms with Crippen LogP contribution in [0.2, 0.25) is 40.7 Å². The van der Waals surface area contributed by atoms with Crippen LogP contribution in [-0.2, 0) is 51.9 Å². The summed E-state index contributed by atoms with van der Waals surface area (Å²) < 4.78 is 6.46. The third-order valence-corrected chi connectivity index (χ3v) is 21.8. The molecule has 0 bridgehead atoms. The monoisotopic (exact) mass is 1940 g/mol. The molecule has 0 aliphatic rings. The standard InChI is InChI=1S/3C24H26Cl2N6O.C23H25Cl2N7O/c3*1-24(2,33)15-32-14-21(23(26)31-32)30-22-7-3-5-17(29-22)6-4-11-27-19-10-12-28-20-13-16(25)8-9-18(19)20;1-23(2,33)14-32-13-20(21(25)31-32)30-22-28-10-7-16(29-22)4-3-9-26-18-8-11-27-19-12-15(24)5-6-17(18)19/h3*3,5,7-10,12-14,33H,4,6,11,15H2,1-2H3,(H,27,28)(H,29,30);5-8,10-13,33H,3-4,9,14H2,1-2H3,(H,26,27)(H,28,29,30). The number of hydrogen-bond donors (Lipinski definition) is 12. The van der Waals surface area contributed by atoms with E-state index in [0.29, 0.717) is 113 Å². The van der Waals surface area contributed by atoms with Crippen molar-refractivity contribution < 1.29 is 20.4 Å². The molecule has 0 saturated heterocycles. The predicted octanol–water partition coefficient (Wildman–Crippen LogP) is 22.2. The lowest BCUT2D eigenvalue weighted by molar-refractivity contribution is 0.0571. The van der Waals surface area contributed by atoms with Gasteiger partial charge in [0.25, 0.3) is 0 Å². The predicted molar refractivity (Wildman–Crippen MR) is 536 cm³/mol. The summed E-state index contributed by atoms with van der Waals surface area (Å²) in [6.45, 7) is 18.3. The summed E-state index contributed by atoms with van der Waals surface area (Å²) in [7, 11) is 0. The van der Waals surface area contributed by atoms with Crippen molar-refractivity contribution in [3.05, 3.63) is 277 Å².